The van der Waals surface area contributed by atoms with Gasteiger partial charge in [0.15, 0.2) is 0 Å². The first-order valence-corrected chi connectivity index (χ1v) is 7.44. The van der Waals surface area contributed by atoms with Gasteiger partial charge in [-0.1, -0.05) is 0 Å². The maximum atomic E-state index is 13.5. The molecule has 2 amide bonds. The maximum Gasteiger partial charge on any atom is 0.286 e. The molecule has 0 unspecified atom stereocenters. The SMILES string of the molecule is NC(=O)c1oc2ccc(F)cc2c1NC(=O)c1ccc(F)c(Br)c1. The molecule has 0 bridgehead atoms. The predicted octanol–water partition coefficient (Wildman–Crippen LogP) is 3.82. The predicted molar refractivity (Wildman–Crippen MR) is 86.7 cm³/mol. The lowest BCUT2D eigenvalue weighted by Crippen LogP contribution is -2.17. The number of hydrogen-bond donors (Lipinski definition) is 2. The van der Waals surface area contributed by atoms with Crippen LogP contribution < -0.4 is 11.1 Å². The standard InChI is InChI=1S/C16H9BrF2N2O3/c17-10-5-7(1-3-11(10)19)16(23)21-13-9-6-8(18)2-4-12(9)24-14(13)15(20)22/h1-6H,(H2,20,22)(H,21,23). The van der Waals surface area contributed by atoms with Gasteiger partial charge in [-0.3, -0.25) is 9.59 Å². The molecule has 0 aliphatic heterocycles. The number of primary amides is 1. The number of rotatable bonds is 3. The van der Waals surface area contributed by atoms with Crippen LogP contribution in [0.2, 0.25) is 0 Å². The smallest absolute Gasteiger partial charge is 0.286 e. The van der Waals surface area contributed by atoms with Crippen LogP contribution in [0.3, 0.4) is 0 Å². The van der Waals surface area contributed by atoms with Crippen LogP contribution in [-0.2, 0) is 0 Å². The molecule has 0 aliphatic rings. The number of amides is 2. The molecule has 8 heteroatoms. The monoisotopic (exact) mass is 394 g/mol. The molecule has 0 saturated carbocycles. The summed E-state index contributed by atoms with van der Waals surface area (Å²) < 4.78 is 32.1. The quantitative estimate of drug-likeness (QED) is 0.707. The summed E-state index contributed by atoms with van der Waals surface area (Å²) in [4.78, 5) is 23.9. The van der Waals surface area contributed by atoms with Gasteiger partial charge in [0, 0.05) is 10.9 Å². The van der Waals surface area contributed by atoms with Crippen LogP contribution in [0.5, 0.6) is 0 Å². The summed E-state index contributed by atoms with van der Waals surface area (Å²) in [6, 6.07) is 7.24. The van der Waals surface area contributed by atoms with Gasteiger partial charge in [-0.15, -0.1) is 0 Å². The van der Waals surface area contributed by atoms with E-state index in [-0.39, 0.29) is 32.5 Å². The Hall–Kier alpha value is -2.74. The summed E-state index contributed by atoms with van der Waals surface area (Å²) in [5, 5.41) is 2.65. The van der Waals surface area contributed by atoms with Gasteiger partial charge in [0.05, 0.1) is 4.47 Å². The second-order valence-electron chi connectivity index (χ2n) is 4.89. The van der Waals surface area contributed by atoms with Crippen molar-refractivity contribution in [1.82, 2.24) is 0 Å². The minimum atomic E-state index is -0.915. The fourth-order valence-electron chi connectivity index (χ4n) is 2.19. The van der Waals surface area contributed by atoms with E-state index >= 15 is 0 Å². The average molecular weight is 395 g/mol. The lowest BCUT2D eigenvalue weighted by Gasteiger charge is -2.06. The first kappa shape index (κ1) is 16.1. The minimum Gasteiger partial charge on any atom is -0.449 e. The molecule has 0 saturated heterocycles. The van der Waals surface area contributed by atoms with Gasteiger partial charge in [-0.05, 0) is 52.3 Å². The van der Waals surface area contributed by atoms with Crippen molar-refractivity contribution in [3.63, 3.8) is 0 Å². The highest BCUT2D eigenvalue weighted by atomic mass is 79.9. The van der Waals surface area contributed by atoms with E-state index in [4.69, 9.17) is 10.2 Å². The van der Waals surface area contributed by atoms with Crippen molar-refractivity contribution < 1.29 is 22.8 Å². The average Bonchev–Trinajstić information content (AvgIpc) is 2.88. The lowest BCUT2D eigenvalue weighted by molar-refractivity contribution is 0.0977. The highest BCUT2D eigenvalue weighted by molar-refractivity contribution is 9.10. The van der Waals surface area contributed by atoms with Crippen molar-refractivity contribution in [2.24, 2.45) is 5.73 Å². The van der Waals surface area contributed by atoms with Gasteiger partial charge in [0.1, 0.15) is 22.9 Å². The van der Waals surface area contributed by atoms with E-state index in [0.29, 0.717) is 0 Å². The minimum absolute atomic E-state index is 0.0394. The van der Waals surface area contributed by atoms with Gasteiger partial charge in [-0.25, -0.2) is 8.78 Å². The van der Waals surface area contributed by atoms with Crippen LogP contribution in [0.15, 0.2) is 45.3 Å². The van der Waals surface area contributed by atoms with Crippen LogP contribution in [0, 0.1) is 11.6 Å². The summed E-state index contributed by atoms with van der Waals surface area (Å²) in [7, 11) is 0. The molecular formula is C16H9BrF2N2O3. The fraction of sp³-hybridized carbons (Fsp3) is 0. The molecule has 24 heavy (non-hydrogen) atoms. The number of hydrogen-bond acceptors (Lipinski definition) is 3. The molecule has 5 nitrogen and oxygen atoms in total. The number of furan rings is 1. The number of halogens is 3. The molecule has 0 radical (unpaired) electrons. The molecule has 1 heterocycles. The molecule has 1 aromatic heterocycles. The third-order valence-corrected chi connectivity index (χ3v) is 3.90. The first-order chi connectivity index (χ1) is 11.4. The van der Waals surface area contributed by atoms with Crippen LogP contribution in [0.1, 0.15) is 20.9 Å². The van der Waals surface area contributed by atoms with Gasteiger partial charge in [0.2, 0.25) is 5.76 Å². The number of carbonyl (C=O) groups excluding carboxylic acids is 2. The molecule has 3 rings (SSSR count). The zero-order valence-electron chi connectivity index (χ0n) is 11.9. The molecular weight excluding hydrogens is 386 g/mol. The van der Waals surface area contributed by atoms with E-state index < -0.39 is 23.4 Å². The Morgan fingerprint density at radius 1 is 1.12 bits per heavy atom. The Bertz CT molecular complexity index is 985. The summed E-state index contributed by atoms with van der Waals surface area (Å²) in [6.45, 7) is 0. The second kappa shape index (κ2) is 6.04. The molecule has 0 aliphatic carbocycles. The van der Waals surface area contributed by atoms with Gasteiger partial charge < -0.3 is 15.5 Å². The zero-order chi connectivity index (χ0) is 17.4. The van der Waals surface area contributed by atoms with Crippen LogP contribution in [0.4, 0.5) is 14.5 Å². The maximum absolute atomic E-state index is 13.5. The molecule has 3 aromatic rings. The molecule has 3 N–H and O–H groups in total. The topological polar surface area (TPSA) is 85.3 Å². The van der Waals surface area contributed by atoms with E-state index in [1.165, 1.54) is 18.2 Å². The number of fused-ring (bicyclic) bond motifs is 1. The Labute approximate surface area is 142 Å². The van der Waals surface area contributed by atoms with Gasteiger partial charge >= 0.3 is 0 Å². The Morgan fingerprint density at radius 2 is 1.88 bits per heavy atom. The van der Waals surface area contributed by atoms with Crippen LogP contribution in [0.25, 0.3) is 11.0 Å². The van der Waals surface area contributed by atoms with Crippen molar-refractivity contribution in [2.45, 2.75) is 0 Å². The van der Waals surface area contributed by atoms with Crippen molar-refractivity contribution in [3.05, 3.63) is 63.8 Å². The largest absolute Gasteiger partial charge is 0.449 e. The highest BCUT2D eigenvalue weighted by Crippen LogP contribution is 2.32. The third kappa shape index (κ3) is 2.88. The summed E-state index contributed by atoms with van der Waals surface area (Å²) in [5.41, 5.74) is 5.52. The van der Waals surface area contributed by atoms with Crippen LogP contribution >= 0.6 is 15.9 Å². The molecule has 0 fully saturated rings. The van der Waals surface area contributed by atoms with E-state index in [9.17, 15) is 18.4 Å². The fourth-order valence-corrected chi connectivity index (χ4v) is 2.57. The van der Waals surface area contributed by atoms with E-state index in [0.717, 1.165) is 18.2 Å². The van der Waals surface area contributed by atoms with E-state index in [1.807, 2.05) is 0 Å². The van der Waals surface area contributed by atoms with Gasteiger partial charge in [0.25, 0.3) is 11.8 Å². The molecule has 0 spiro atoms. The number of nitrogens with one attached hydrogen (secondary N) is 1. The second-order valence-corrected chi connectivity index (χ2v) is 5.75. The highest BCUT2D eigenvalue weighted by Gasteiger charge is 2.21. The molecule has 122 valence electrons. The van der Waals surface area contributed by atoms with Crippen molar-refractivity contribution in [2.75, 3.05) is 5.32 Å². The number of nitrogens with two attached hydrogens (primary N) is 1. The van der Waals surface area contributed by atoms with E-state index in [1.54, 1.807) is 0 Å². The zero-order valence-corrected chi connectivity index (χ0v) is 13.5. The first-order valence-electron chi connectivity index (χ1n) is 6.65. The van der Waals surface area contributed by atoms with Crippen LogP contribution in [-0.4, -0.2) is 11.8 Å². The third-order valence-electron chi connectivity index (χ3n) is 3.29. The summed E-state index contributed by atoms with van der Waals surface area (Å²) in [5.74, 6) is -2.95. The number of anilines is 1. The van der Waals surface area contributed by atoms with Crippen molar-refractivity contribution in [3.8, 4) is 0 Å². The lowest BCUT2D eigenvalue weighted by atomic mass is 10.1. The molecule has 0 atom stereocenters. The van der Waals surface area contributed by atoms with Crippen molar-refractivity contribution >= 4 is 44.4 Å². The Balaban J connectivity index is 2.06. The number of benzene rings is 2. The Morgan fingerprint density at radius 3 is 2.54 bits per heavy atom. The molecule has 2 aromatic carbocycles. The van der Waals surface area contributed by atoms with Crippen molar-refractivity contribution in [1.29, 1.82) is 0 Å². The summed E-state index contributed by atoms with van der Waals surface area (Å²) >= 11 is 2.98. The van der Waals surface area contributed by atoms with Gasteiger partial charge in [-0.2, -0.15) is 0 Å². The number of carbonyl (C=O) groups is 2. The normalized spacial score (nSPS) is 10.8. The Kier molecular flexibility index (Phi) is 4.06. The van der Waals surface area contributed by atoms with E-state index in [2.05, 4.69) is 21.2 Å². The summed E-state index contributed by atoms with van der Waals surface area (Å²) in [6.07, 6.45) is 0.